The average Bonchev–Trinajstić information content (AvgIpc) is 3.45. The fourth-order valence-corrected chi connectivity index (χ4v) is 4.74. The van der Waals surface area contributed by atoms with Crippen LogP contribution in [-0.4, -0.2) is 22.6 Å². The lowest BCUT2D eigenvalue weighted by Gasteiger charge is -2.19. The lowest BCUT2D eigenvalue weighted by molar-refractivity contribution is 0.411. The molecule has 0 spiro atoms. The van der Waals surface area contributed by atoms with E-state index in [-0.39, 0.29) is 10.9 Å². The van der Waals surface area contributed by atoms with Gasteiger partial charge in [-0.2, -0.15) is 0 Å². The van der Waals surface area contributed by atoms with Crippen molar-refractivity contribution in [1.82, 2.24) is 4.72 Å². The number of sulfonamides is 1. The monoisotopic (exact) mass is 425 g/mol. The molecule has 3 rings (SSSR count). The minimum absolute atomic E-state index is 0.208. The van der Waals surface area contributed by atoms with Gasteiger partial charge in [0.2, 0.25) is 10.0 Å². The molecule has 0 bridgehead atoms. The van der Waals surface area contributed by atoms with Gasteiger partial charge in [-0.1, -0.05) is 12.1 Å². The summed E-state index contributed by atoms with van der Waals surface area (Å²) in [6, 6.07) is 12.0. The predicted molar refractivity (Wildman–Crippen MR) is 99.5 cm³/mol. The third-order valence-electron chi connectivity index (χ3n) is 4.28. The Kier molecular flexibility index (Phi) is 5.36. The molecule has 1 aliphatic rings. The number of methoxy groups -OCH3 is 2. The minimum Gasteiger partial charge on any atom is -0.497 e. The van der Waals surface area contributed by atoms with E-state index >= 15 is 0 Å². The second-order valence-electron chi connectivity index (χ2n) is 6.01. The molecule has 1 N–H and O–H groups in total. The number of hydrogen-bond acceptors (Lipinski definition) is 4. The second kappa shape index (κ2) is 7.35. The van der Waals surface area contributed by atoms with Gasteiger partial charge in [0, 0.05) is 6.04 Å². The molecule has 7 heteroatoms. The van der Waals surface area contributed by atoms with Gasteiger partial charge in [-0.05, 0) is 70.6 Å². The molecule has 5 nitrogen and oxygen atoms in total. The zero-order chi connectivity index (χ0) is 18.0. The summed E-state index contributed by atoms with van der Waals surface area (Å²) in [5, 5.41) is 0. The highest BCUT2D eigenvalue weighted by Gasteiger charge is 2.35. The Bertz CT molecular complexity index is 848. The molecule has 2 aromatic carbocycles. The summed E-state index contributed by atoms with van der Waals surface area (Å²) in [7, 11) is -0.493. The lowest BCUT2D eigenvalue weighted by Crippen LogP contribution is -2.30. The molecule has 134 valence electrons. The van der Waals surface area contributed by atoms with E-state index in [1.165, 1.54) is 0 Å². The Morgan fingerprint density at radius 2 is 1.76 bits per heavy atom. The van der Waals surface area contributed by atoms with Crippen LogP contribution in [0, 0.1) is 5.92 Å². The second-order valence-corrected chi connectivity index (χ2v) is 8.57. The zero-order valence-corrected chi connectivity index (χ0v) is 16.4. The molecule has 0 aliphatic heterocycles. The maximum absolute atomic E-state index is 12.8. The largest absolute Gasteiger partial charge is 0.497 e. The number of nitrogens with one attached hydrogen (secondary N) is 1. The van der Waals surface area contributed by atoms with E-state index in [1.54, 1.807) is 32.4 Å². The Labute approximate surface area is 156 Å². The van der Waals surface area contributed by atoms with Gasteiger partial charge < -0.3 is 9.47 Å². The molecule has 1 fully saturated rings. The van der Waals surface area contributed by atoms with Crippen molar-refractivity contribution in [2.45, 2.75) is 23.8 Å². The maximum Gasteiger partial charge on any atom is 0.241 e. The molecule has 0 saturated heterocycles. The van der Waals surface area contributed by atoms with Crippen LogP contribution in [-0.2, 0) is 10.0 Å². The van der Waals surface area contributed by atoms with Gasteiger partial charge in [0.25, 0.3) is 0 Å². The third kappa shape index (κ3) is 4.16. The molecule has 25 heavy (non-hydrogen) atoms. The molecular formula is C18H20BrNO4S. The smallest absolute Gasteiger partial charge is 0.241 e. The minimum atomic E-state index is -3.64. The van der Waals surface area contributed by atoms with E-state index in [9.17, 15) is 8.42 Å². The summed E-state index contributed by atoms with van der Waals surface area (Å²) in [5.41, 5.74) is 0.944. The zero-order valence-electron chi connectivity index (χ0n) is 14.0. The van der Waals surface area contributed by atoms with Gasteiger partial charge in [-0.25, -0.2) is 13.1 Å². The summed E-state index contributed by atoms with van der Waals surface area (Å²) in [4.78, 5) is 0.208. The van der Waals surface area contributed by atoms with Crippen LogP contribution >= 0.6 is 15.9 Å². The van der Waals surface area contributed by atoms with Crippen LogP contribution in [0.25, 0.3) is 0 Å². The fourth-order valence-electron chi connectivity index (χ4n) is 2.73. The highest BCUT2D eigenvalue weighted by atomic mass is 79.9. The molecule has 0 radical (unpaired) electrons. The van der Waals surface area contributed by atoms with Crippen LogP contribution < -0.4 is 14.2 Å². The summed E-state index contributed by atoms with van der Waals surface area (Å²) in [6.45, 7) is 0. The molecule has 1 saturated carbocycles. The van der Waals surface area contributed by atoms with Gasteiger partial charge >= 0.3 is 0 Å². The number of rotatable bonds is 7. The van der Waals surface area contributed by atoms with Gasteiger partial charge in [-0.3, -0.25) is 0 Å². The Morgan fingerprint density at radius 1 is 1.08 bits per heavy atom. The van der Waals surface area contributed by atoms with E-state index in [4.69, 9.17) is 9.47 Å². The topological polar surface area (TPSA) is 64.6 Å². The average molecular weight is 426 g/mol. The normalized spacial score (nSPS) is 15.6. The molecule has 0 aromatic heterocycles. The molecule has 0 amide bonds. The first-order chi connectivity index (χ1) is 11.9. The molecule has 1 unspecified atom stereocenters. The van der Waals surface area contributed by atoms with Gasteiger partial charge in [0.05, 0.1) is 23.6 Å². The van der Waals surface area contributed by atoms with Crippen molar-refractivity contribution in [3.05, 3.63) is 52.5 Å². The van der Waals surface area contributed by atoms with Crippen LogP contribution in [0.2, 0.25) is 0 Å². The van der Waals surface area contributed by atoms with Crippen molar-refractivity contribution in [2.24, 2.45) is 5.92 Å². The van der Waals surface area contributed by atoms with E-state index < -0.39 is 10.0 Å². The van der Waals surface area contributed by atoms with Crippen molar-refractivity contribution in [2.75, 3.05) is 14.2 Å². The van der Waals surface area contributed by atoms with E-state index in [0.717, 1.165) is 24.2 Å². The van der Waals surface area contributed by atoms with Gasteiger partial charge in [0.15, 0.2) is 0 Å². The van der Waals surface area contributed by atoms with Crippen molar-refractivity contribution >= 4 is 26.0 Å². The lowest BCUT2D eigenvalue weighted by atomic mass is 10.0. The number of hydrogen-bond donors (Lipinski definition) is 1. The summed E-state index contributed by atoms with van der Waals surface area (Å²) < 4.78 is 39.4. The van der Waals surface area contributed by atoms with Crippen molar-refractivity contribution in [3.8, 4) is 11.5 Å². The first-order valence-corrected chi connectivity index (χ1v) is 10.2. The number of ether oxygens (including phenoxy) is 2. The van der Waals surface area contributed by atoms with Gasteiger partial charge in [0.1, 0.15) is 11.5 Å². The molecule has 2 aromatic rings. The molecular weight excluding hydrogens is 406 g/mol. The van der Waals surface area contributed by atoms with Gasteiger partial charge in [-0.15, -0.1) is 0 Å². The summed E-state index contributed by atoms with van der Waals surface area (Å²) in [6.07, 6.45) is 2.04. The van der Waals surface area contributed by atoms with Crippen LogP contribution in [0.4, 0.5) is 0 Å². The third-order valence-corrected chi connectivity index (χ3v) is 6.34. The Hall–Kier alpha value is -1.57. The first kappa shape index (κ1) is 18.2. The van der Waals surface area contributed by atoms with Crippen LogP contribution in [0.15, 0.2) is 51.8 Å². The SMILES string of the molecule is COc1ccc(C(NS(=O)(=O)c2ccc(OC)c(Br)c2)C2CC2)cc1. The quantitative estimate of drug-likeness (QED) is 0.730. The standard InChI is InChI=1S/C18H20BrNO4S/c1-23-14-7-5-13(6-8-14)18(12-3-4-12)20-25(21,22)15-9-10-17(24-2)16(19)11-15/h5-12,18,20H,3-4H2,1-2H3. The summed E-state index contributed by atoms with van der Waals surface area (Å²) in [5.74, 6) is 1.66. The first-order valence-electron chi connectivity index (χ1n) is 7.94. The fraction of sp³-hybridized carbons (Fsp3) is 0.333. The van der Waals surface area contributed by atoms with Crippen molar-refractivity contribution in [1.29, 1.82) is 0 Å². The summed E-state index contributed by atoms with van der Waals surface area (Å²) >= 11 is 3.34. The highest BCUT2D eigenvalue weighted by molar-refractivity contribution is 9.10. The van der Waals surface area contributed by atoms with E-state index in [0.29, 0.717) is 16.1 Å². The predicted octanol–water partition coefficient (Wildman–Crippen LogP) is 3.90. The van der Waals surface area contributed by atoms with E-state index in [2.05, 4.69) is 20.7 Å². The number of halogens is 1. The van der Waals surface area contributed by atoms with Crippen molar-refractivity contribution < 1.29 is 17.9 Å². The molecule has 1 atom stereocenters. The Morgan fingerprint density at radius 3 is 2.28 bits per heavy atom. The number of benzene rings is 2. The highest BCUT2D eigenvalue weighted by Crippen LogP contribution is 2.42. The van der Waals surface area contributed by atoms with Crippen molar-refractivity contribution in [3.63, 3.8) is 0 Å². The van der Waals surface area contributed by atoms with Crippen LogP contribution in [0.3, 0.4) is 0 Å². The Balaban J connectivity index is 1.87. The van der Waals surface area contributed by atoms with E-state index in [1.807, 2.05) is 24.3 Å². The molecule has 0 heterocycles. The van der Waals surface area contributed by atoms with Crippen LogP contribution in [0.5, 0.6) is 11.5 Å². The molecule has 1 aliphatic carbocycles. The van der Waals surface area contributed by atoms with Crippen LogP contribution in [0.1, 0.15) is 24.4 Å². The maximum atomic E-state index is 12.8.